The summed E-state index contributed by atoms with van der Waals surface area (Å²) in [5.74, 6) is 2.73. The Bertz CT molecular complexity index is 1050. The molecule has 0 bridgehead atoms. The number of ether oxygens (including phenoxy) is 1. The first-order valence-electron chi connectivity index (χ1n) is 11.5. The van der Waals surface area contributed by atoms with E-state index < -0.39 is 5.91 Å². The van der Waals surface area contributed by atoms with Crippen molar-refractivity contribution in [3.05, 3.63) is 30.0 Å². The third-order valence-corrected chi connectivity index (χ3v) is 8.47. The second-order valence-corrected chi connectivity index (χ2v) is 10.9. The van der Waals surface area contributed by atoms with Crippen LogP contribution in [-0.2, 0) is 0 Å². The molecule has 4 aliphatic rings. The van der Waals surface area contributed by atoms with E-state index in [1.54, 1.807) is 16.8 Å². The Kier molecular flexibility index (Phi) is 3.72. The van der Waals surface area contributed by atoms with Crippen LogP contribution in [0.2, 0.25) is 0 Å². The minimum absolute atomic E-state index is 0.0879. The summed E-state index contributed by atoms with van der Waals surface area (Å²) in [7, 11) is 0. The Morgan fingerprint density at radius 2 is 1.90 bits per heavy atom. The molecule has 2 spiro atoms. The lowest BCUT2D eigenvalue weighted by Gasteiger charge is -2.33. The van der Waals surface area contributed by atoms with Crippen molar-refractivity contribution in [3.63, 3.8) is 0 Å². The maximum Gasteiger partial charge on any atom is 0.252 e. The number of fused-ring (bicyclic) bond motifs is 1. The summed E-state index contributed by atoms with van der Waals surface area (Å²) in [6.45, 7) is 8.22. The Hall–Kier alpha value is -2.57. The van der Waals surface area contributed by atoms with Gasteiger partial charge in [0.1, 0.15) is 5.82 Å². The summed E-state index contributed by atoms with van der Waals surface area (Å²) >= 11 is 0. The van der Waals surface area contributed by atoms with Crippen LogP contribution in [0.3, 0.4) is 0 Å². The van der Waals surface area contributed by atoms with Crippen LogP contribution in [0.4, 0.5) is 5.82 Å². The molecule has 3 aliphatic carbocycles. The molecule has 0 radical (unpaired) electrons. The molecule has 4 fully saturated rings. The predicted octanol–water partition coefficient (Wildman–Crippen LogP) is 3.56. The SMILES string of the molecule is CC1CN(c2nc(-n3ccc(OCC4C5(CC5)C45CC5)n3)ccc2C(N)=O)C(C)(C)C1. The Morgan fingerprint density at radius 1 is 1.19 bits per heavy atom. The molecule has 3 saturated carbocycles. The van der Waals surface area contributed by atoms with Crippen LogP contribution in [0.15, 0.2) is 24.4 Å². The van der Waals surface area contributed by atoms with Crippen molar-refractivity contribution >= 4 is 11.7 Å². The molecule has 31 heavy (non-hydrogen) atoms. The largest absolute Gasteiger partial charge is 0.476 e. The van der Waals surface area contributed by atoms with Crippen LogP contribution in [-0.4, -0.2) is 39.4 Å². The molecule has 1 atom stereocenters. The first-order chi connectivity index (χ1) is 14.8. The van der Waals surface area contributed by atoms with Gasteiger partial charge < -0.3 is 15.4 Å². The highest BCUT2D eigenvalue weighted by Crippen LogP contribution is 2.92. The van der Waals surface area contributed by atoms with Crippen molar-refractivity contribution in [1.29, 1.82) is 0 Å². The third kappa shape index (κ3) is 2.74. The Morgan fingerprint density at radius 3 is 2.48 bits per heavy atom. The number of hydrogen-bond donors (Lipinski definition) is 1. The summed E-state index contributed by atoms with van der Waals surface area (Å²) in [4.78, 5) is 19.1. The lowest BCUT2D eigenvalue weighted by Crippen LogP contribution is -2.40. The number of amides is 1. The molecule has 2 aromatic heterocycles. The van der Waals surface area contributed by atoms with E-state index in [1.165, 1.54) is 25.7 Å². The molecule has 164 valence electrons. The standard InChI is InChI=1S/C24H31N5O2/c1-15-12-22(2,3)28(13-15)21-16(20(25)30)4-5-18(26-21)29-11-6-19(27-29)31-14-17-23(7-8-23)24(17)9-10-24/h4-6,11,15,17H,7-10,12-14H2,1-3H3,(H2,25,30). The number of aromatic nitrogens is 3. The molecule has 1 aliphatic heterocycles. The highest BCUT2D eigenvalue weighted by atomic mass is 16.5. The van der Waals surface area contributed by atoms with E-state index in [4.69, 9.17) is 15.5 Å². The van der Waals surface area contributed by atoms with E-state index in [1.807, 2.05) is 12.3 Å². The van der Waals surface area contributed by atoms with Crippen LogP contribution in [0, 0.1) is 22.7 Å². The summed E-state index contributed by atoms with van der Waals surface area (Å²) in [6, 6.07) is 5.46. The zero-order valence-electron chi connectivity index (χ0n) is 18.6. The number of pyridine rings is 1. The fourth-order valence-electron chi connectivity index (χ4n) is 6.73. The van der Waals surface area contributed by atoms with E-state index >= 15 is 0 Å². The number of carbonyl (C=O) groups is 1. The molecule has 7 heteroatoms. The summed E-state index contributed by atoms with van der Waals surface area (Å²) in [6.07, 6.45) is 8.47. The van der Waals surface area contributed by atoms with Gasteiger partial charge in [-0.3, -0.25) is 4.79 Å². The molecule has 1 amide bonds. The molecular weight excluding hydrogens is 390 g/mol. The van der Waals surface area contributed by atoms with Gasteiger partial charge in [-0.1, -0.05) is 6.92 Å². The van der Waals surface area contributed by atoms with Gasteiger partial charge in [-0.25, -0.2) is 9.67 Å². The van der Waals surface area contributed by atoms with E-state index in [0.29, 0.717) is 39.8 Å². The summed E-state index contributed by atoms with van der Waals surface area (Å²) < 4.78 is 7.80. The first-order valence-corrected chi connectivity index (χ1v) is 11.5. The lowest BCUT2D eigenvalue weighted by atomic mass is 9.97. The van der Waals surface area contributed by atoms with E-state index in [2.05, 4.69) is 30.8 Å². The number of hydrogen-bond acceptors (Lipinski definition) is 5. The molecule has 0 aromatic carbocycles. The maximum absolute atomic E-state index is 12.1. The summed E-state index contributed by atoms with van der Waals surface area (Å²) in [5, 5.41) is 4.61. The van der Waals surface area contributed by atoms with Gasteiger partial charge in [-0.05, 0) is 74.8 Å². The predicted molar refractivity (Wildman–Crippen MR) is 117 cm³/mol. The van der Waals surface area contributed by atoms with Crippen LogP contribution in [0.1, 0.15) is 63.2 Å². The van der Waals surface area contributed by atoms with Gasteiger partial charge in [-0.2, -0.15) is 0 Å². The zero-order valence-corrected chi connectivity index (χ0v) is 18.6. The number of nitrogens with zero attached hydrogens (tertiary/aromatic N) is 4. The zero-order chi connectivity index (χ0) is 21.6. The van der Waals surface area contributed by atoms with E-state index in [9.17, 15) is 4.79 Å². The minimum Gasteiger partial charge on any atom is -0.476 e. The normalized spacial score (nSPS) is 26.4. The monoisotopic (exact) mass is 421 g/mol. The number of anilines is 1. The number of carbonyl (C=O) groups excluding carboxylic acids is 1. The fourth-order valence-corrected chi connectivity index (χ4v) is 6.73. The van der Waals surface area contributed by atoms with Crippen molar-refractivity contribution in [2.45, 2.75) is 58.4 Å². The van der Waals surface area contributed by atoms with Gasteiger partial charge in [0, 0.05) is 30.3 Å². The second kappa shape index (κ2) is 6.02. The van der Waals surface area contributed by atoms with Crippen molar-refractivity contribution in [1.82, 2.24) is 14.8 Å². The number of rotatable bonds is 6. The molecule has 1 unspecified atom stereocenters. The Labute approximate surface area is 183 Å². The minimum atomic E-state index is -0.457. The van der Waals surface area contributed by atoms with Gasteiger partial charge in [0.05, 0.1) is 12.2 Å². The molecule has 7 nitrogen and oxygen atoms in total. The van der Waals surface area contributed by atoms with Crippen molar-refractivity contribution < 1.29 is 9.53 Å². The number of primary amides is 1. The van der Waals surface area contributed by atoms with Gasteiger partial charge in [0.15, 0.2) is 5.82 Å². The van der Waals surface area contributed by atoms with Gasteiger partial charge in [0.2, 0.25) is 5.88 Å². The maximum atomic E-state index is 12.1. The molecule has 1 saturated heterocycles. The molecule has 2 aromatic rings. The van der Waals surface area contributed by atoms with Crippen molar-refractivity contribution in [2.75, 3.05) is 18.1 Å². The van der Waals surface area contributed by atoms with Crippen LogP contribution >= 0.6 is 0 Å². The fraction of sp³-hybridized carbons (Fsp3) is 0.625. The molecule has 2 N–H and O–H groups in total. The average Bonchev–Trinajstić information content (AvgIpc) is 3.66. The quantitative estimate of drug-likeness (QED) is 0.771. The second-order valence-electron chi connectivity index (χ2n) is 10.9. The van der Waals surface area contributed by atoms with E-state index in [0.717, 1.165) is 25.5 Å². The van der Waals surface area contributed by atoms with Crippen LogP contribution in [0.5, 0.6) is 5.88 Å². The van der Waals surface area contributed by atoms with Gasteiger partial charge in [-0.15, -0.1) is 5.10 Å². The first kappa shape index (κ1) is 19.1. The lowest BCUT2D eigenvalue weighted by molar-refractivity contribution is 0.100. The van der Waals surface area contributed by atoms with Crippen molar-refractivity contribution in [2.24, 2.45) is 28.4 Å². The highest BCUT2D eigenvalue weighted by molar-refractivity contribution is 5.98. The third-order valence-electron chi connectivity index (χ3n) is 8.47. The smallest absolute Gasteiger partial charge is 0.252 e. The van der Waals surface area contributed by atoms with Crippen LogP contribution < -0.4 is 15.4 Å². The Balaban J connectivity index is 1.24. The van der Waals surface area contributed by atoms with Gasteiger partial charge >= 0.3 is 0 Å². The molecule has 3 heterocycles. The average molecular weight is 422 g/mol. The summed E-state index contributed by atoms with van der Waals surface area (Å²) in [5.41, 5.74) is 7.31. The van der Waals surface area contributed by atoms with Gasteiger partial charge in [0.25, 0.3) is 5.91 Å². The topological polar surface area (TPSA) is 86.3 Å². The van der Waals surface area contributed by atoms with Crippen LogP contribution in [0.25, 0.3) is 5.82 Å². The molecular formula is C24H31N5O2. The van der Waals surface area contributed by atoms with E-state index in [-0.39, 0.29) is 5.54 Å². The molecule has 6 rings (SSSR count). The van der Waals surface area contributed by atoms with Crippen molar-refractivity contribution in [3.8, 4) is 11.7 Å². The number of nitrogens with two attached hydrogens (primary N) is 1. The highest BCUT2D eigenvalue weighted by Gasteiger charge is 2.86.